The van der Waals surface area contributed by atoms with Crippen LogP contribution in [0, 0.1) is 11.6 Å². The number of nitrogen functional groups attached to an aromatic ring is 1. The average molecular weight is 475 g/mol. The molecule has 0 spiro atoms. The van der Waals surface area contributed by atoms with Gasteiger partial charge in [0.1, 0.15) is 29.1 Å². The third-order valence-corrected chi connectivity index (χ3v) is 6.76. The Morgan fingerprint density at radius 2 is 1.82 bits per heavy atom. The summed E-state index contributed by atoms with van der Waals surface area (Å²) in [5.41, 5.74) is 5.38. The number of hydrogen-bond acceptors (Lipinski definition) is 6. The van der Waals surface area contributed by atoms with Gasteiger partial charge in [0.05, 0.1) is 23.7 Å². The van der Waals surface area contributed by atoms with E-state index < -0.39 is 45.8 Å². The molecule has 3 aromatic rings. The molecule has 3 aromatic carbocycles. The molecule has 1 heterocycles. The first kappa shape index (κ1) is 22.5. The number of amides is 1. The zero-order valence-corrected chi connectivity index (χ0v) is 17.9. The summed E-state index contributed by atoms with van der Waals surface area (Å²) in [6.45, 7) is -0.645. The predicted octanol–water partition coefficient (Wildman–Crippen LogP) is 2.75. The Morgan fingerprint density at radius 3 is 2.48 bits per heavy atom. The molecular weight excluding hydrogens is 456 g/mol. The number of nitrogens with zero attached hydrogens (tertiary/aromatic N) is 1. The molecule has 0 fully saturated rings. The van der Waals surface area contributed by atoms with Gasteiger partial charge in [-0.05, 0) is 48.5 Å². The van der Waals surface area contributed by atoms with Crippen LogP contribution in [0.1, 0.15) is 10.4 Å². The van der Waals surface area contributed by atoms with Crippen LogP contribution in [-0.4, -0.2) is 38.7 Å². The highest BCUT2D eigenvalue weighted by atomic mass is 32.2. The fourth-order valence-corrected chi connectivity index (χ4v) is 4.98. The van der Waals surface area contributed by atoms with Gasteiger partial charge in [0.25, 0.3) is 15.9 Å². The quantitative estimate of drug-likeness (QED) is 0.488. The van der Waals surface area contributed by atoms with E-state index in [9.17, 15) is 27.1 Å². The van der Waals surface area contributed by atoms with E-state index in [0.29, 0.717) is 0 Å². The molecule has 0 saturated heterocycles. The molecule has 1 amide bonds. The van der Waals surface area contributed by atoms with Crippen LogP contribution in [0.2, 0.25) is 0 Å². The molecule has 4 rings (SSSR count). The molecular formula is C22H19F2N3O5S. The smallest absolute Gasteiger partial charge is 0.264 e. The topological polar surface area (TPSA) is 122 Å². The number of aliphatic hydroxyl groups is 1. The lowest BCUT2D eigenvalue weighted by Crippen LogP contribution is -2.45. The Morgan fingerprint density at radius 1 is 1.12 bits per heavy atom. The number of hydrogen-bond donors (Lipinski definition) is 3. The van der Waals surface area contributed by atoms with Crippen molar-refractivity contribution in [2.24, 2.45) is 0 Å². The van der Waals surface area contributed by atoms with Crippen molar-refractivity contribution in [3.63, 3.8) is 0 Å². The number of carbonyl (C=O) groups excluding carboxylic acids is 1. The summed E-state index contributed by atoms with van der Waals surface area (Å²) in [5.74, 6) is -2.97. The lowest BCUT2D eigenvalue weighted by atomic mass is 10.1. The largest absolute Gasteiger partial charge is 0.484 e. The van der Waals surface area contributed by atoms with Crippen LogP contribution in [0.15, 0.2) is 65.6 Å². The molecule has 11 heteroatoms. The van der Waals surface area contributed by atoms with Gasteiger partial charge in [-0.3, -0.25) is 9.10 Å². The second kappa shape index (κ2) is 8.68. The maximum Gasteiger partial charge on any atom is 0.264 e. The number of fused-ring (bicyclic) bond motifs is 1. The number of carbonyl (C=O) groups is 1. The number of aliphatic hydroxyl groups excluding tert-OH is 1. The molecule has 0 aromatic heterocycles. The Bertz CT molecular complexity index is 1310. The number of nitrogens with one attached hydrogen (secondary N) is 1. The lowest BCUT2D eigenvalue weighted by molar-refractivity contribution is 0.101. The first-order valence-electron chi connectivity index (χ1n) is 9.76. The van der Waals surface area contributed by atoms with E-state index >= 15 is 0 Å². The van der Waals surface area contributed by atoms with E-state index in [2.05, 4.69) is 5.32 Å². The molecule has 4 N–H and O–H groups in total. The van der Waals surface area contributed by atoms with Crippen molar-refractivity contribution in [1.29, 1.82) is 0 Å². The fourth-order valence-electron chi connectivity index (χ4n) is 3.42. The van der Waals surface area contributed by atoms with E-state index in [0.717, 1.165) is 22.5 Å². The van der Waals surface area contributed by atoms with Crippen LogP contribution in [0.25, 0.3) is 0 Å². The third kappa shape index (κ3) is 4.32. The molecule has 1 aliphatic heterocycles. The summed E-state index contributed by atoms with van der Waals surface area (Å²) in [6, 6.07) is 12.8. The van der Waals surface area contributed by atoms with Crippen LogP contribution in [0.3, 0.4) is 0 Å². The number of anilines is 3. The summed E-state index contributed by atoms with van der Waals surface area (Å²) in [4.78, 5) is 12.4. The number of halogens is 2. The van der Waals surface area contributed by atoms with Gasteiger partial charge in [-0.25, -0.2) is 17.2 Å². The van der Waals surface area contributed by atoms with E-state index in [1.807, 2.05) is 0 Å². The van der Waals surface area contributed by atoms with Crippen molar-refractivity contribution < 1.29 is 31.8 Å². The Hall–Kier alpha value is -3.70. The number of nitrogens with two attached hydrogens (primary N) is 1. The minimum Gasteiger partial charge on any atom is -0.484 e. The third-order valence-electron chi connectivity index (χ3n) is 4.99. The molecule has 8 nitrogen and oxygen atoms in total. The second-order valence-electron chi connectivity index (χ2n) is 7.26. The zero-order chi connectivity index (χ0) is 23.8. The van der Waals surface area contributed by atoms with Gasteiger partial charge >= 0.3 is 0 Å². The first-order chi connectivity index (χ1) is 15.7. The van der Waals surface area contributed by atoms with Crippen molar-refractivity contribution in [1.82, 2.24) is 0 Å². The summed E-state index contributed by atoms with van der Waals surface area (Å²) in [7, 11) is -4.12. The molecule has 1 aliphatic rings. The SMILES string of the molecule is Nc1cccc(S(=O)(=O)N2C[C@@H](CO)Oc3ccc(NC(=O)c4c(F)cccc4F)cc32)c1. The van der Waals surface area contributed by atoms with E-state index in [1.165, 1.54) is 42.5 Å². The minimum atomic E-state index is -4.12. The maximum absolute atomic E-state index is 14.0. The van der Waals surface area contributed by atoms with Crippen molar-refractivity contribution in [3.8, 4) is 5.75 Å². The van der Waals surface area contributed by atoms with Gasteiger partial charge in [-0.2, -0.15) is 0 Å². The molecule has 0 aliphatic carbocycles. The van der Waals surface area contributed by atoms with Crippen LogP contribution in [-0.2, 0) is 10.0 Å². The normalized spacial score (nSPS) is 15.5. The van der Waals surface area contributed by atoms with Crippen molar-refractivity contribution in [3.05, 3.63) is 77.9 Å². The van der Waals surface area contributed by atoms with Crippen molar-refractivity contribution in [2.75, 3.05) is 28.5 Å². The van der Waals surface area contributed by atoms with Gasteiger partial charge in [0.15, 0.2) is 0 Å². The fraction of sp³-hybridized carbons (Fsp3) is 0.136. The number of benzene rings is 3. The van der Waals surface area contributed by atoms with E-state index in [1.54, 1.807) is 0 Å². The highest BCUT2D eigenvalue weighted by Crippen LogP contribution is 2.39. The van der Waals surface area contributed by atoms with Gasteiger partial charge in [-0.1, -0.05) is 12.1 Å². The first-order valence-corrected chi connectivity index (χ1v) is 11.2. The van der Waals surface area contributed by atoms with Gasteiger partial charge in [0, 0.05) is 11.4 Å². The summed E-state index contributed by atoms with van der Waals surface area (Å²) in [5, 5.41) is 11.9. The number of ether oxygens (including phenoxy) is 1. The highest BCUT2D eigenvalue weighted by Gasteiger charge is 2.35. The van der Waals surface area contributed by atoms with E-state index in [4.69, 9.17) is 10.5 Å². The molecule has 0 saturated carbocycles. The van der Waals surface area contributed by atoms with Crippen LogP contribution < -0.4 is 20.1 Å². The molecule has 1 atom stereocenters. The molecule has 172 valence electrons. The van der Waals surface area contributed by atoms with Crippen LogP contribution in [0.4, 0.5) is 25.8 Å². The zero-order valence-electron chi connectivity index (χ0n) is 17.0. The molecule has 0 bridgehead atoms. The van der Waals surface area contributed by atoms with Gasteiger partial charge in [0.2, 0.25) is 0 Å². The Kier molecular flexibility index (Phi) is 5.91. The summed E-state index contributed by atoms with van der Waals surface area (Å²) < 4.78 is 61.3. The maximum atomic E-state index is 14.0. The summed E-state index contributed by atoms with van der Waals surface area (Å²) in [6.07, 6.45) is -0.832. The standard InChI is InChI=1S/C22H19F2N3O5S/c23-17-5-2-6-18(24)21(17)22(29)26-14-7-8-20-19(10-14)27(11-15(12-28)32-20)33(30,31)16-4-1-3-13(25)9-16/h1-10,15,28H,11-12,25H2,(H,26,29)/t15-/m0/s1. The minimum absolute atomic E-state index is 0.0742. The second-order valence-corrected chi connectivity index (χ2v) is 9.13. The van der Waals surface area contributed by atoms with Crippen LogP contribution >= 0.6 is 0 Å². The van der Waals surface area contributed by atoms with Gasteiger partial charge < -0.3 is 20.9 Å². The van der Waals surface area contributed by atoms with Gasteiger partial charge in [-0.15, -0.1) is 0 Å². The molecule has 0 radical (unpaired) electrons. The Balaban J connectivity index is 1.73. The monoisotopic (exact) mass is 475 g/mol. The molecule has 0 unspecified atom stereocenters. The van der Waals surface area contributed by atoms with Crippen LogP contribution in [0.5, 0.6) is 5.75 Å². The molecule has 33 heavy (non-hydrogen) atoms. The van der Waals surface area contributed by atoms with Crippen molar-refractivity contribution >= 4 is 33.0 Å². The number of sulfonamides is 1. The Labute approximate surface area is 188 Å². The van der Waals surface area contributed by atoms with Crippen molar-refractivity contribution in [2.45, 2.75) is 11.0 Å². The summed E-state index contributed by atoms with van der Waals surface area (Å²) >= 11 is 0. The predicted molar refractivity (Wildman–Crippen MR) is 118 cm³/mol. The lowest BCUT2D eigenvalue weighted by Gasteiger charge is -2.35. The number of rotatable bonds is 5. The average Bonchev–Trinajstić information content (AvgIpc) is 2.78. The van der Waals surface area contributed by atoms with E-state index in [-0.39, 0.29) is 34.3 Å². The highest BCUT2D eigenvalue weighted by molar-refractivity contribution is 7.92.